The molecule has 18 heavy (non-hydrogen) atoms. The molecular formula is C15H29N3. The van der Waals surface area contributed by atoms with E-state index in [0.717, 1.165) is 23.8 Å². The van der Waals surface area contributed by atoms with Gasteiger partial charge in [0.05, 0.1) is 5.69 Å². The molecule has 1 unspecified atom stereocenters. The monoisotopic (exact) mass is 251 g/mol. The number of hydrogen-bond donors (Lipinski definition) is 1. The molecule has 1 rings (SSSR count). The lowest BCUT2D eigenvalue weighted by atomic mass is 9.94. The summed E-state index contributed by atoms with van der Waals surface area (Å²) in [6.07, 6.45) is 1.06. The molecule has 0 saturated heterocycles. The molecule has 0 aliphatic carbocycles. The highest BCUT2D eigenvalue weighted by atomic mass is 15.2. The highest BCUT2D eigenvalue weighted by molar-refractivity contribution is 5.43. The van der Waals surface area contributed by atoms with Crippen molar-refractivity contribution < 1.29 is 0 Å². The Balaban J connectivity index is 3.52. The third-order valence-electron chi connectivity index (χ3n) is 3.36. The molecule has 0 fully saturated rings. The number of nitrogen functional groups attached to an aromatic ring is 1. The molecule has 1 aromatic heterocycles. The van der Waals surface area contributed by atoms with Gasteiger partial charge in [0.1, 0.15) is 11.6 Å². The summed E-state index contributed by atoms with van der Waals surface area (Å²) in [5, 5.41) is 0. The Kier molecular flexibility index (Phi) is 3.85. The molecule has 104 valence electrons. The van der Waals surface area contributed by atoms with Crippen LogP contribution < -0.4 is 5.73 Å². The van der Waals surface area contributed by atoms with Gasteiger partial charge in [0.25, 0.3) is 0 Å². The Morgan fingerprint density at radius 2 is 1.67 bits per heavy atom. The lowest BCUT2D eigenvalue weighted by molar-refractivity contribution is 0.359. The molecule has 0 radical (unpaired) electrons. The summed E-state index contributed by atoms with van der Waals surface area (Å²) < 4.78 is 2.20. The van der Waals surface area contributed by atoms with Crippen molar-refractivity contribution in [2.45, 2.75) is 78.7 Å². The van der Waals surface area contributed by atoms with Crippen LogP contribution in [0.4, 0.5) is 5.82 Å². The maximum Gasteiger partial charge on any atom is 0.127 e. The van der Waals surface area contributed by atoms with Crippen molar-refractivity contribution in [1.29, 1.82) is 0 Å². The summed E-state index contributed by atoms with van der Waals surface area (Å²) >= 11 is 0. The molecule has 0 amide bonds. The number of nitrogens with two attached hydrogens (primary N) is 1. The minimum absolute atomic E-state index is 0.00705. The zero-order valence-corrected chi connectivity index (χ0v) is 13.3. The molecule has 0 aliphatic heterocycles. The zero-order valence-electron chi connectivity index (χ0n) is 13.3. The van der Waals surface area contributed by atoms with Gasteiger partial charge in [-0.2, -0.15) is 0 Å². The summed E-state index contributed by atoms with van der Waals surface area (Å²) in [6.45, 7) is 17.5. The van der Waals surface area contributed by atoms with Crippen molar-refractivity contribution in [3.05, 3.63) is 11.5 Å². The second-order valence-electron chi connectivity index (χ2n) is 7.27. The van der Waals surface area contributed by atoms with Gasteiger partial charge in [-0.3, -0.25) is 0 Å². The molecule has 1 heterocycles. The smallest absolute Gasteiger partial charge is 0.127 e. The zero-order chi connectivity index (χ0) is 14.3. The molecule has 3 nitrogen and oxygen atoms in total. The largest absolute Gasteiger partial charge is 0.384 e. The van der Waals surface area contributed by atoms with Gasteiger partial charge in [-0.05, 0) is 27.2 Å². The van der Waals surface area contributed by atoms with Crippen LogP contribution in [0.25, 0.3) is 0 Å². The topological polar surface area (TPSA) is 43.8 Å². The number of rotatable bonds is 2. The van der Waals surface area contributed by atoms with E-state index in [1.54, 1.807) is 0 Å². The molecule has 0 aliphatic rings. The van der Waals surface area contributed by atoms with E-state index in [4.69, 9.17) is 10.7 Å². The van der Waals surface area contributed by atoms with Gasteiger partial charge in [0, 0.05) is 16.9 Å². The van der Waals surface area contributed by atoms with E-state index in [1.807, 2.05) is 0 Å². The van der Waals surface area contributed by atoms with E-state index >= 15 is 0 Å². The third-order valence-corrected chi connectivity index (χ3v) is 3.36. The molecule has 1 aromatic rings. The van der Waals surface area contributed by atoms with Gasteiger partial charge < -0.3 is 10.3 Å². The summed E-state index contributed by atoms with van der Waals surface area (Å²) in [6, 6.07) is 0. The van der Waals surface area contributed by atoms with E-state index in [1.165, 1.54) is 0 Å². The van der Waals surface area contributed by atoms with Crippen molar-refractivity contribution in [2.24, 2.45) is 0 Å². The minimum Gasteiger partial charge on any atom is -0.384 e. The van der Waals surface area contributed by atoms with Crippen molar-refractivity contribution >= 4 is 5.82 Å². The molecule has 0 bridgehead atoms. The number of hydrogen-bond acceptors (Lipinski definition) is 2. The van der Waals surface area contributed by atoms with Crippen LogP contribution in [0.15, 0.2) is 0 Å². The molecule has 2 N–H and O–H groups in total. The Morgan fingerprint density at radius 3 is 1.94 bits per heavy atom. The predicted molar refractivity (Wildman–Crippen MR) is 79.0 cm³/mol. The van der Waals surface area contributed by atoms with Gasteiger partial charge in [0.2, 0.25) is 0 Å². The van der Waals surface area contributed by atoms with E-state index < -0.39 is 0 Å². The van der Waals surface area contributed by atoms with Crippen molar-refractivity contribution in [3.63, 3.8) is 0 Å². The maximum atomic E-state index is 6.36. The van der Waals surface area contributed by atoms with Crippen LogP contribution >= 0.6 is 0 Å². The van der Waals surface area contributed by atoms with E-state index in [2.05, 4.69) is 60.0 Å². The van der Waals surface area contributed by atoms with E-state index in [-0.39, 0.29) is 11.0 Å². The Bertz CT molecular complexity index is 416. The quantitative estimate of drug-likeness (QED) is 0.862. The van der Waals surface area contributed by atoms with Gasteiger partial charge in [0.15, 0.2) is 0 Å². The second-order valence-corrected chi connectivity index (χ2v) is 7.27. The van der Waals surface area contributed by atoms with Crippen LogP contribution in [0, 0.1) is 0 Å². The summed E-state index contributed by atoms with van der Waals surface area (Å²) in [4.78, 5) is 4.86. The second kappa shape index (κ2) is 4.60. The number of imidazole rings is 1. The average molecular weight is 251 g/mol. The van der Waals surface area contributed by atoms with Crippen molar-refractivity contribution in [2.75, 3.05) is 5.73 Å². The van der Waals surface area contributed by atoms with Crippen LogP contribution in [-0.4, -0.2) is 9.55 Å². The first-order chi connectivity index (χ1) is 8.00. The fraction of sp³-hybridized carbons (Fsp3) is 0.800. The molecular weight excluding hydrogens is 222 g/mol. The lowest BCUT2D eigenvalue weighted by Crippen LogP contribution is -2.30. The first kappa shape index (κ1) is 15.1. The van der Waals surface area contributed by atoms with Gasteiger partial charge >= 0.3 is 0 Å². The fourth-order valence-corrected chi connectivity index (χ4v) is 2.19. The van der Waals surface area contributed by atoms with Gasteiger partial charge in [-0.25, -0.2) is 4.98 Å². The summed E-state index contributed by atoms with van der Waals surface area (Å²) in [7, 11) is 0. The Hall–Kier alpha value is -0.990. The first-order valence-electron chi connectivity index (χ1n) is 6.89. The fourth-order valence-electron chi connectivity index (χ4n) is 2.19. The average Bonchev–Trinajstić information content (AvgIpc) is 2.53. The number of anilines is 1. The predicted octanol–water partition coefficient (Wildman–Crippen LogP) is 4.03. The van der Waals surface area contributed by atoms with Crippen LogP contribution in [0.3, 0.4) is 0 Å². The summed E-state index contributed by atoms with van der Waals surface area (Å²) in [5.74, 6) is 2.33. The molecule has 0 spiro atoms. The molecule has 1 atom stereocenters. The first-order valence-corrected chi connectivity index (χ1v) is 6.89. The minimum atomic E-state index is -0.0363. The van der Waals surface area contributed by atoms with Gasteiger partial charge in [-0.1, -0.05) is 34.6 Å². The highest BCUT2D eigenvalue weighted by Gasteiger charge is 2.31. The van der Waals surface area contributed by atoms with Crippen molar-refractivity contribution in [3.8, 4) is 0 Å². The molecule has 0 aromatic carbocycles. The Labute approximate surface area is 112 Å². The van der Waals surface area contributed by atoms with Crippen LogP contribution in [-0.2, 0) is 11.0 Å². The normalized spacial score (nSPS) is 14.9. The molecule has 0 saturated carbocycles. The standard InChI is InChI=1S/C15H29N3/c1-9-10(2)11-12(16)18(15(6,7)8)13(17-11)14(3,4)5/h10H,9,16H2,1-8H3. The molecule has 3 heteroatoms. The van der Waals surface area contributed by atoms with Crippen LogP contribution in [0.1, 0.15) is 79.2 Å². The highest BCUT2D eigenvalue weighted by Crippen LogP contribution is 2.35. The van der Waals surface area contributed by atoms with Gasteiger partial charge in [-0.15, -0.1) is 0 Å². The number of nitrogens with zero attached hydrogens (tertiary/aromatic N) is 2. The maximum absolute atomic E-state index is 6.36. The van der Waals surface area contributed by atoms with E-state index in [9.17, 15) is 0 Å². The van der Waals surface area contributed by atoms with E-state index in [0.29, 0.717) is 5.92 Å². The number of aromatic nitrogens is 2. The summed E-state index contributed by atoms with van der Waals surface area (Å²) in [5.41, 5.74) is 7.39. The SMILES string of the molecule is CCC(C)c1nc(C(C)(C)C)n(C(C)(C)C)c1N. The third kappa shape index (κ3) is 2.70. The van der Waals surface area contributed by atoms with Crippen LogP contribution in [0.5, 0.6) is 0 Å². The lowest BCUT2D eigenvalue weighted by Gasteiger charge is -2.29. The van der Waals surface area contributed by atoms with Crippen LogP contribution in [0.2, 0.25) is 0 Å². The van der Waals surface area contributed by atoms with Crippen molar-refractivity contribution in [1.82, 2.24) is 9.55 Å². The Morgan fingerprint density at radius 1 is 1.17 bits per heavy atom.